The molecule has 232 valence electrons. The molecule has 11 atom stereocenters. The van der Waals surface area contributed by atoms with E-state index in [2.05, 4.69) is 39.0 Å². The average molecular weight is 585 g/mol. The summed E-state index contributed by atoms with van der Waals surface area (Å²) in [5.41, 5.74) is 4.62. The Kier molecular flexibility index (Phi) is 7.16. The molecule has 4 heteroatoms. The summed E-state index contributed by atoms with van der Waals surface area (Å²) in [7, 11) is 0. The molecule has 1 aromatic carbocycles. The lowest BCUT2D eigenvalue weighted by Gasteiger charge is -2.55. The van der Waals surface area contributed by atoms with Crippen molar-refractivity contribution in [2.45, 2.75) is 117 Å². The summed E-state index contributed by atoms with van der Waals surface area (Å²) in [5, 5.41) is 20.0. The lowest BCUT2D eigenvalue weighted by Crippen LogP contribution is -2.49. The fourth-order valence-corrected chi connectivity index (χ4v) is 12.2. The van der Waals surface area contributed by atoms with Crippen LogP contribution in [-0.4, -0.2) is 27.9 Å². The molecule has 0 saturated heterocycles. The Hall–Kier alpha value is -2.20. The number of rotatable bonds is 1. The molecule has 4 fully saturated rings. The molecule has 0 radical (unpaired) electrons. The van der Waals surface area contributed by atoms with Gasteiger partial charge in [0, 0.05) is 12.3 Å². The summed E-state index contributed by atoms with van der Waals surface area (Å²) in [6.07, 6.45) is 19.7. The van der Waals surface area contributed by atoms with E-state index in [-0.39, 0.29) is 28.3 Å². The summed E-state index contributed by atoms with van der Waals surface area (Å²) in [4.78, 5) is 24.0. The summed E-state index contributed by atoms with van der Waals surface area (Å²) in [6, 6.07) is 5.96. The maximum Gasteiger partial charge on any atom is 0.156 e. The number of ketones is 2. The number of fused-ring (bicyclic) bond motifs is 10. The Bertz CT molecular complexity index is 1370. The van der Waals surface area contributed by atoms with Crippen LogP contribution in [0.25, 0.3) is 0 Å². The number of hydrogen-bond acceptors (Lipinski definition) is 4. The quantitative estimate of drug-likeness (QED) is 0.350. The highest BCUT2D eigenvalue weighted by molar-refractivity contribution is 5.92. The highest BCUT2D eigenvalue weighted by atomic mass is 16.3. The van der Waals surface area contributed by atoms with Gasteiger partial charge < -0.3 is 10.2 Å². The molecule has 43 heavy (non-hydrogen) atoms. The molecule has 7 aliphatic carbocycles. The molecule has 0 aliphatic heterocycles. The summed E-state index contributed by atoms with van der Waals surface area (Å²) in [5.74, 6) is 5.32. The first-order valence-electron chi connectivity index (χ1n) is 17.4. The Morgan fingerprint density at radius 2 is 1.63 bits per heavy atom. The van der Waals surface area contributed by atoms with Crippen molar-refractivity contribution in [3.05, 3.63) is 53.1 Å². The number of aryl methyl sites for hydroxylation is 1. The molecule has 8 rings (SSSR count). The molecule has 2 N–H and O–H groups in total. The average Bonchev–Trinajstić information content (AvgIpc) is 3.49. The van der Waals surface area contributed by atoms with Crippen LogP contribution in [-0.2, 0) is 16.0 Å². The predicted molar refractivity (Wildman–Crippen MR) is 170 cm³/mol. The van der Waals surface area contributed by atoms with E-state index in [0.29, 0.717) is 53.3 Å². The van der Waals surface area contributed by atoms with Crippen molar-refractivity contribution in [2.75, 3.05) is 0 Å². The van der Waals surface area contributed by atoms with Gasteiger partial charge in [0.15, 0.2) is 5.78 Å². The first kappa shape index (κ1) is 29.5. The Labute approximate surface area is 258 Å². The zero-order valence-corrected chi connectivity index (χ0v) is 26.8. The minimum absolute atomic E-state index is 0.0883. The molecule has 0 spiro atoms. The highest BCUT2D eigenvalue weighted by Gasteiger charge is 2.59. The number of aliphatic hydroxyl groups excluding tert-OH is 1. The van der Waals surface area contributed by atoms with E-state index in [1.54, 1.807) is 6.92 Å². The van der Waals surface area contributed by atoms with E-state index in [0.717, 1.165) is 38.0 Å². The Balaban J connectivity index is 0.000000141. The summed E-state index contributed by atoms with van der Waals surface area (Å²) in [6.45, 7) is 8.86. The number of aliphatic hydroxyl groups is 1. The number of phenols is 1. The molecule has 4 saturated carbocycles. The molecular formula is C39H52O4. The minimum Gasteiger partial charge on any atom is -0.508 e. The van der Waals surface area contributed by atoms with Crippen molar-refractivity contribution in [1.29, 1.82) is 0 Å². The number of phenolic OH excluding ortho intramolecular Hbond substituents is 1. The predicted octanol–water partition coefficient (Wildman–Crippen LogP) is 8.11. The van der Waals surface area contributed by atoms with Gasteiger partial charge in [0.05, 0.1) is 6.10 Å². The van der Waals surface area contributed by atoms with Crippen LogP contribution in [0, 0.1) is 51.8 Å². The zero-order chi connectivity index (χ0) is 30.3. The molecule has 0 amide bonds. The second kappa shape index (κ2) is 10.4. The number of benzene rings is 1. The number of carbonyl (C=O) groups is 2. The van der Waals surface area contributed by atoms with E-state index >= 15 is 0 Å². The van der Waals surface area contributed by atoms with Crippen LogP contribution in [0.2, 0.25) is 0 Å². The van der Waals surface area contributed by atoms with Crippen LogP contribution < -0.4 is 0 Å². The van der Waals surface area contributed by atoms with E-state index in [9.17, 15) is 19.8 Å². The summed E-state index contributed by atoms with van der Waals surface area (Å²) < 4.78 is 0. The number of carbonyl (C=O) groups excluding carboxylic acids is 2. The normalized spacial score (nSPS) is 45.7. The van der Waals surface area contributed by atoms with Gasteiger partial charge in [-0.2, -0.15) is 0 Å². The number of hydrogen-bond donors (Lipinski definition) is 2. The molecular weight excluding hydrogens is 532 g/mol. The van der Waals surface area contributed by atoms with Crippen LogP contribution in [0.5, 0.6) is 5.75 Å². The molecule has 0 bridgehead atoms. The van der Waals surface area contributed by atoms with Crippen LogP contribution in [0.15, 0.2) is 42.0 Å². The first-order chi connectivity index (χ1) is 20.5. The smallest absolute Gasteiger partial charge is 0.156 e. The molecule has 1 aromatic rings. The van der Waals surface area contributed by atoms with Gasteiger partial charge in [-0.05, 0) is 164 Å². The van der Waals surface area contributed by atoms with Gasteiger partial charge in [-0.25, -0.2) is 0 Å². The Morgan fingerprint density at radius 3 is 2.42 bits per heavy atom. The first-order valence-corrected chi connectivity index (χ1v) is 17.4. The largest absolute Gasteiger partial charge is 0.508 e. The maximum atomic E-state index is 12.1. The van der Waals surface area contributed by atoms with Gasteiger partial charge in [0.2, 0.25) is 0 Å². The van der Waals surface area contributed by atoms with Crippen LogP contribution >= 0.6 is 0 Å². The lowest BCUT2D eigenvalue weighted by molar-refractivity contribution is -0.127. The van der Waals surface area contributed by atoms with Crippen molar-refractivity contribution in [3.63, 3.8) is 0 Å². The standard InChI is InChI=1S/C21H28O2.C18H24O2/c1-13(22)17-6-7-18-16-5-4-14-12-15(23)8-10-20(14,2)19(16)9-11-21(17,18)3;1-18-9-8-14-13-5-3-12(19)10-11(13)2-4-15(14)16(18)6-7-17(18)20/h4-5,12,16-19H,6-11H2,1-3H3;3,5,10,14-17,19-20H,2,4,6-9H2,1H3/t16-,17+,18-,19+,20+,21+;14-,15-,16+,17+,18+/m01/s1. The highest BCUT2D eigenvalue weighted by Crippen LogP contribution is 2.65. The van der Waals surface area contributed by atoms with Crippen molar-refractivity contribution >= 4 is 11.6 Å². The molecule has 4 nitrogen and oxygen atoms in total. The minimum atomic E-state index is -0.0883. The fraction of sp³-hybridized carbons (Fsp3) is 0.692. The zero-order valence-electron chi connectivity index (χ0n) is 26.8. The summed E-state index contributed by atoms with van der Waals surface area (Å²) >= 11 is 0. The van der Waals surface area contributed by atoms with Crippen molar-refractivity contribution in [2.24, 2.45) is 51.8 Å². The third-order valence-electron chi connectivity index (χ3n) is 14.7. The van der Waals surface area contributed by atoms with Gasteiger partial charge >= 0.3 is 0 Å². The fourth-order valence-electron chi connectivity index (χ4n) is 12.2. The molecule has 0 aromatic heterocycles. The van der Waals surface area contributed by atoms with Gasteiger partial charge in [-0.3, -0.25) is 9.59 Å². The monoisotopic (exact) mass is 584 g/mol. The molecule has 0 unspecified atom stereocenters. The Morgan fingerprint density at radius 1 is 0.860 bits per heavy atom. The second-order valence-corrected chi connectivity index (χ2v) is 16.4. The van der Waals surface area contributed by atoms with Crippen LogP contribution in [0.1, 0.15) is 115 Å². The van der Waals surface area contributed by atoms with Crippen LogP contribution in [0.4, 0.5) is 0 Å². The molecule has 0 heterocycles. The molecule has 7 aliphatic rings. The van der Waals surface area contributed by atoms with E-state index in [1.807, 2.05) is 18.2 Å². The van der Waals surface area contributed by atoms with E-state index in [1.165, 1.54) is 55.2 Å². The second-order valence-electron chi connectivity index (χ2n) is 16.4. The third-order valence-corrected chi connectivity index (χ3v) is 14.7. The third kappa shape index (κ3) is 4.47. The maximum absolute atomic E-state index is 12.1. The van der Waals surface area contributed by atoms with Crippen molar-refractivity contribution in [3.8, 4) is 5.75 Å². The van der Waals surface area contributed by atoms with Gasteiger partial charge in [-0.1, -0.05) is 39.0 Å². The van der Waals surface area contributed by atoms with E-state index < -0.39 is 0 Å². The topological polar surface area (TPSA) is 74.6 Å². The number of Topliss-reactive ketones (excluding diaryl/α,β-unsaturated/α-hetero) is 1. The van der Waals surface area contributed by atoms with Gasteiger partial charge in [-0.15, -0.1) is 0 Å². The lowest BCUT2D eigenvalue weighted by atomic mass is 9.48. The van der Waals surface area contributed by atoms with Crippen LogP contribution in [0.3, 0.4) is 0 Å². The van der Waals surface area contributed by atoms with Gasteiger partial charge in [0.1, 0.15) is 11.5 Å². The van der Waals surface area contributed by atoms with Crippen molar-refractivity contribution in [1.82, 2.24) is 0 Å². The van der Waals surface area contributed by atoms with E-state index in [4.69, 9.17) is 0 Å². The van der Waals surface area contributed by atoms with Gasteiger partial charge in [0.25, 0.3) is 0 Å². The number of aromatic hydroxyl groups is 1. The number of allylic oxidation sites excluding steroid dienone is 4. The SMILES string of the molecule is CC(=O)[C@H]1CC[C@H]2[C@@H]3C=CC4=CC(=O)CC[C@@]4(C)[C@@H]3CC[C@]12C.C[C@]12CC[C@@H]3c4ccc(O)cc4CC[C@H]3[C@@H]1CC[C@@H]2O. The van der Waals surface area contributed by atoms with Crippen molar-refractivity contribution < 1.29 is 19.8 Å².